The van der Waals surface area contributed by atoms with Crippen molar-refractivity contribution in [3.63, 3.8) is 0 Å². The molecule has 2 N–H and O–H groups in total. The van der Waals surface area contributed by atoms with Crippen LogP contribution in [0.5, 0.6) is 17.2 Å². The summed E-state index contributed by atoms with van der Waals surface area (Å²) in [6.45, 7) is 6.86. The fourth-order valence-electron chi connectivity index (χ4n) is 9.33. The molecule has 0 aromatic heterocycles. The summed E-state index contributed by atoms with van der Waals surface area (Å²) in [5.41, 5.74) is 5.36. The van der Waals surface area contributed by atoms with Gasteiger partial charge in [0.2, 0.25) is 0 Å². The minimum Gasteiger partial charge on any atom is -0.493 e. The van der Waals surface area contributed by atoms with Crippen LogP contribution in [0.25, 0.3) is 0 Å². The highest BCUT2D eigenvalue weighted by Crippen LogP contribution is 2.41. The van der Waals surface area contributed by atoms with Gasteiger partial charge < -0.3 is 43.9 Å². The second-order valence-electron chi connectivity index (χ2n) is 19.0. The smallest absolute Gasteiger partial charge is 0.416 e. The molecule has 0 radical (unpaired) electrons. The number of aryl methyl sites for hydroxylation is 1. The summed E-state index contributed by atoms with van der Waals surface area (Å²) in [6.07, 6.45) is 9.64. The molecule has 5 aliphatic rings. The van der Waals surface area contributed by atoms with Crippen molar-refractivity contribution in [3.05, 3.63) is 106 Å². The molecule has 5 heterocycles. The number of aliphatic hydroxyl groups excluding tert-OH is 1. The van der Waals surface area contributed by atoms with E-state index in [1.54, 1.807) is 65.8 Å². The van der Waals surface area contributed by atoms with E-state index >= 15 is 0 Å². The first kappa shape index (κ1) is 52.7. The second kappa shape index (κ2) is 23.9. The molecule has 0 spiro atoms. The number of hydrogen-bond donors (Lipinski definition) is 2. The Labute approximate surface area is 429 Å². The van der Waals surface area contributed by atoms with E-state index in [0.29, 0.717) is 90.8 Å². The highest BCUT2D eigenvalue weighted by atomic mass is 16.6. The van der Waals surface area contributed by atoms with Crippen LogP contribution in [0.3, 0.4) is 0 Å². The van der Waals surface area contributed by atoms with Crippen LogP contribution in [0.1, 0.15) is 103 Å². The van der Waals surface area contributed by atoms with Gasteiger partial charge in [0.15, 0.2) is 23.5 Å². The maximum Gasteiger partial charge on any atom is 0.416 e. The molecule has 5 amide bonds. The van der Waals surface area contributed by atoms with E-state index in [-0.39, 0.29) is 86.2 Å². The van der Waals surface area contributed by atoms with Gasteiger partial charge in [-0.1, -0.05) is 23.3 Å². The van der Waals surface area contributed by atoms with Crippen LogP contribution in [-0.4, -0.2) is 132 Å². The van der Waals surface area contributed by atoms with E-state index in [2.05, 4.69) is 10.3 Å². The number of aliphatic imine (C=N–C) groups is 1. The van der Waals surface area contributed by atoms with Gasteiger partial charge in [-0.15, -0.1) is 0 Å². The number of rotatable bonds is 24. The average molecular weight is 1020 g/mol. The first-order valence-electron chi connectivity index (χ1n) is 25.0. The van der Waals surface area contributed by atoms with Gasteiger partial charge in [-0.2, -0.15) is 0 Å². The summed E-state index contributed by atoms with van der Waals surface area (Å²) in [5.74, 6) is -0.0893. The number of ether oxygens (including phenoxy) is 5. The summed E-state index contributed by atoms with van der Waals surface area (Å²) >= 11 is 0. The Kier molecular flexibility index (Phi) is 17.0. The zero-order valence-electron chi connectivity index (χ0n) is 42.1. The van der Waals surface area contributed by atoms with Gasteiger partial charge in [0.1, 0.15) is 18.1 Å². The monoisotopic (exact) mass is 1010 g/mol. The van der Waals surface area contributed by atoms with Gasteiger partial charge in [-0.3, -0.25) is 38.7 Å². The predicted octanol–water partition coefficient (Wildman–Crippen LogP) is 7.11. The number of ketones is 2. The normalized spacial score (nSPS) is 18.6. The van der Waals surface area contributed by atoms with Crippen molar-refractivity contribution in [2.75, 3.05) is 56.8 Å². The van der Waals surface area contributed by atoms with Crippen LogP contribution in [0.4, 0.5) is 21.9 Å². The number of nitrogens with one attached hydrogen (secondary N) is 1. The zero-order chi connectivity index (χ0) is 52.5. The third-order valence-corrected chi connectivity index (χ3v) is 13.3. The fraction of sp³-hybridized carbons (Fsp3) is 0.418. The number of imide groups is 1. The summed E-state index contributed by atoms with van der Waals surface area (Å²) < 4.78 is 29.3. The molecule has 3 aromatic rings. The Bertz CT molecular complexity index is 2780. The molecule has 0 unspecified atom stereocenters. The van der Waals surface area contributed by atoms with Crippen molar-refractivity contribution < 1.29 is 62.4 Å². The van der Waals surface area contributed by atoms with Crippen molar-refractivity contribution in [3.8, 4) is 17.2 Å². The van der Waals surface area contributed by atoms with Crippen LogP contribution in [-0.2, 0) is 35.3 Å². The highest BCUT2D eigenvalue weighted by Gasteiger charge is 2.45. The van der Waals surface area contributed by atoms with Gasteiger partial charge in [-0.25, -0.2) is 9.69 Å². The van der Waals surface area contributed by atoms with Gasteiger partial charge in [0.05, 0.1) is 68.1 Å². The van der Waals surface area contributed by atoms with E-state index in [1.165, 1.54) is 24.2 Å². The molecule has 19 heteroatoms. The lowest BCUT2D eigenvalue weighted by atomic mass is 10.1. The quantitative estimate of drug-likeness (QED) is 0.0674. The van der Waals surface area contributed by atoms with Crippen LogP contribution in [0.15, 0.2) is 89.2 Å². The van der Waals surface area contributed by atoms with Crippen molar-refractivity contribution in [1.82, 2.24) is 14.7 Å². The molecule has 8 rings (SSSR count). The number of nitrogens with zero attached hydrogens (tertiary/aromatic N) is 5. The molecule has 3 aromatic carbocycles. The number of carbonyl (C=O) groups is 7. The Morgan fingerprint density at radius 1 is 0.730 bits per heavy atom. The highest BCUT2D eigenvalue weighted by molar-refractivity contribution is 6.13. The van der Waals surface area contributed by atoms with Gasteiger partial charge in [0, 0.05) is 81.0 Å². The standard InChI is InChI=1S/C55H62N6O13/c1-34-23-39-29-57-44-27-49(48(70-4)26-42(44)52(66)59(39)31-34)73-21-7-5-6-20-72-47-28-45-43(25-36(47)3)53(67)60-32-35(2)24-46(60)54(68)61(45)55(69)74-33-37-10-12-38(13-11-37)56-30-41(63)17-22-71-19-8-9-40(62)16-18-58-50(64)14-15-51(58)65/h10-15,25-29,31-32,39,46,54,56,68H,5-9,16-24,30,33H2,1-4H3/t39-,46-,54-/m0/s1. The molecule has 74 heavy (non-hydrogen) atoms. The SMILES string of the molecule is COc1cc2c(cc1OCCCCCOc1cc3c(cc1C)C(=O)N1C=C(C)C[C@H]1[C@H](O)N3C(=O)OCc1ccc(NCC(=O)CCOCCCC(=O)CCN3C(=O)C=CC3=O)cc1)N=C[C@@H]1CC(C)=CN1C2=O. The average Bonchev–Trinajstić information content (AvgIpc) is 4.04. The fourth-order valence-corrected chi connectivity index (χ4v) is 9.33. The molecule has 3 atom stereocenters. The summed E-state index contributed by atoms with van der Waals surface area (Å²) in [5, 5.41) is 14.9. The van der Waals surface area contributed by atoms with E-state index in [4.69, 9.17) is 23.7 Å². The van der Waals surface area contributed by atoms with E-state index < -0.39 is 30.2 Å². The number of amides is 5. The van der Waals surface area contributed by atoms with Gasteiger partial charge in [-0.05, 0) is 94.7 Å². The van der Waals surface area contributed by atoms with Crippen LogP contribution < -0.4 is 24.4 Å². The lowest BCUT2D eigenvalue weighted by molar-refractivity contribution is -0.137. The number of benzene rings is 3. The maximum absolute atomic E-state index is 14.0. The lowest BCUT2D eigenvalue weighted by Crippen LogP contribution is -2.50. The Balaban J connectivity index is 0.791. The van der Waals surface area contributed by atoms with Crippen LogP contribution in [0, 0.1) is 6.92 Å². The largest absolute Gasteiger partial charge is 0.493 e. The molecule has 0 saturated heterocycles. The van der Waals surface area contributed by atoms with Crippen molar-refractivity contribution >= 4 is 64.6 Å². The van der Waals surface area contributed by atoms with Crippen molar-refractivity contribution in [2.24, 2.45) is 4.99 Å². The molecular formula is C55H62N6O13. The molecule has 390 valence electrons. The molecule has 0 saturated carbocycles. The number of fused-ring (bicyclic) bond motifs is 4. The zero-order valence-corrected chi connectivity index (χ0v) is 42.1. The molecule has 0 fully saturated rings. The number of Topliss-reactive ketones (excluding diaryl/α,β-unsaturated/α-hetero) is 2. The Hall–Kier alpha value is -7.64. The van der Waals surface area contributed by atoms with E-state index in [0.717, 1.165) is 33.8 Å². The number of anilines is 2. The number of aliphatic hydroxyl groups is 1. The molecule has 5 aliphatic heterocycles. The topological polar surface area (TPSA) is 223 Å². The number of unbranched alkanes of at least 4 members (excludes halogenated alkanes) is 2. The second-order valence-corrected chi connectivity index (χ2v) is 19.0. The first-order chi connectivity index (χ1) is 35.7. The summed E-state index contributed by atoms with van der Waals surface area (Å²) in [4.78, 5) is 99.3. The Morgan fingerprint density at radius 3 is 2.18 bits per heavy atom. The first-order valence-corrected chi connectivity index (χ1v) is 25.0. The van der Waals surface area contributed by atoms with Gasteiger partial charge >= 0.3 is 6.09 Å². The number of carbonyl (C=O) groups excluding carboxylic acids is 7. The number of hydrogen-bond acceptors (Lipinski definition) is 15. The van der Waals surface area contributed by atoms with Crippen molar-refractivity contribution in [2.45, 2.75) is 103 Å². The third-order valence-electron chi connectivity index (χ3n) is 13.3. The molecule has 0 aliphatic carbocycles. The maximum atomic E-state index is 14.0. The summed E-state index contributed by atoms with van der Waals surface area (Å²) in [7, 11) is 1.53. The van der Waals surface area contributed by atoms with Crippen molar-refractivity contribution in [1.29, 1.82) is 0 Å². The summed E-state index contributed by atoms with van der Waals surface area (Å²) in [6, 6.07) is 12.9. The molecule has 0 bridgehead atoms. The van der Waals surface area contributed by atoms with Crippen LogP contribution in [0.2, 0.25) is 0 Å². The Morgan fingerprint density at radius 2 is 1.43 bits per heavy atom. The minimum absolute atomic E-state index is 0.0559. The minimum atomic E-state index is -1.43. The predicted molar refractivity (Wildman–Crippen MR) is 273 cm³/mol. The molecule has 19 nitrogen and oxygen atoms in total. The number of methoxy groups -OCH3 is 1. The van der Waals surface area contributed by atoms with E-state index in [9.17, 15) is 38.7 Å². The van der Waals surface area contributed by atoms with E-state index in [1.807, 2.05) is 27.0 Å². The third kappa shape index (κ3) is 12.4. The van der Waals surface area contributed by atoms with Crippen LogP contribution >= 0.6 is 0 Å². The lowest BCUT2D eigenvalue weighted by Gasteiger charge is -2.31. The molecular weight excluding hydrogens is 953 g/mol. The van der Waals surface area contributed by atoms with Gasteiger partial charge in [0.25, 0.3) is 23.6 Å².